The average molecular weight is 324 g/mol. The molecule has 24 heavy (non-hydrogen) atoms. The summed E-state index contributed by atoms with van der Waals surface area (Å²) in [4.78, 5) is 16.3. The first-order valence-corrected chi connectivity index (χ1v) is 7.63. The van der Waals surface area contributed by atoms with E-state index in [-0.39, 0.29) is 11.7 Å². The zero-order chi connectivity index (χ0) is 16.9. The maximum Gasteiger partial charge on any atom is 0.275 e. The summed E-state index contributed by atoms with van der Waals surface area (Å²) in [5, 5.41) is 2.76. The van der Waals surface area contributed by atoms with Gasteiger partial charge in [0.05, 0.1) is 7.11 Å². The van der Waals surface area contributed by atoms with Crippen molar-refractivity contribution in [2.75, 3.05) is 7.11 Å². The lowest BCUT2D eigenvalue weighted by Crippen LogP contribution is -2.24. The van der Waals surface area contributed by atoms with Crippen molar-refractivity contribution in [2.45, 2.75) is 12.8 Å². The predicted molar refractivity (Wildman–Crippen MR) is 91.3 cm³/mol. The Labute approximate surface area is 139 Å². The van der Waals surface area contributed by atoms with Crippen molar-refractivity contribution in [3.05, 3.63) is 71.2 Å². The quantitative estimate of drug-likeness (QED) is 0.858. The number of hydrogen-bond donors (Lipinski definition) is 1. The van der Waals surface area contributed by atoms with Gasteiger partial charge in [0, 0.05) is 6.42 Å². The zero-order valence-corrected chi connectivity index (χ0v) is 13.3. The number of hydrogen-bond acceptors (Lipinski definition) is 3. The first-order valence-electron chi connectivity index (χ1n) is 7.63. The van der Waals surface area contributed by atoms with Crippen molar-refractivity contribution in [3.8, 4) is 5.75 Å². The minimum atomic E-state index is -0.341. The van der Waals surface area contributed by atoms with Gasteiger partial charge in [-0.15, -0.1) is 0 Å². The second-order valence-electron chi connectivity index (χ2n) is 5.45. The molecule has 0 unspecified atom stereocenters. The van der Waals surface area contributed by atoms with Gasteiger partial charge in [-0.2, -0.15) is 0 Å². The molecular formula is C19H17FN2O2. The van der Waals surface area contributed by atoms with E-state index >= 15 is 0 Å². The number of benzene rings is 2. The van der Waals surface area contributed by atoms with Crippen molar-refractivity contribution >= 4 is 17.8 Å². The number of rotatable bonds is 5. The van der Waals surface area contributed by atoms with Gasteiger partial charge in [-0.1, -0.05) is 24.3 Å². The first-order chi connectivity index (χ1) is 11.6. The van der Waals surface area contributed by atoms with Gasteiger partial charge in [-0.3, -0.25) is 4.79 Å². The molecule has 0 radical (unpaired) electrons. The van der Waals surface area contributed by atoms with Crippen LogP contribution in [0.15, 0.2) is 59.2 Å². The van der Waals surface area contributed by atoms with E-state index < -0.39 is 0 Å². The topological polar surface area (TPSA) is 50.7 Å². The van der Waals surface area contributed by atoms with Gasteiger partial charge in [0.25, 0.3) is 5.91 Å². The lowest BCUT2D eigenvalue weighted by Gasteiger charge is -2.03. The highest BCUT2D eigenvalue weighted by atomic mass is 19.1. The highest BCUT2D eigenvalue weighted by Gasteiger charge is 2.19. The van der Waals surface area contributed by atoms with Gasteiger partial charge in [0.1, 0.15) is 23.1 Å². The van der Waals surface area contributed by atoms with Crippen LogP contribution in [0.25, 0.3) is 6.08 Å². The molecule has 122 valence electrons. The minimum Gasteiger partial charge on any atom is -0.497 e. The highest BCUT2D eigenvalue weighted by Crippen LogP contribution is 2.16. The lowest BCUT2D eigenvalue weighted by atomic mass is 10.1. The summed E-state index contributed by atoms with van der Waals surface area (Å²) in [7, 11) is 1.63. The predicted octanol–water partition coefficient (Wildman–Crippen LogP) is 3.34. The first kappa shape index (κ1) is 15.9. The van der Waals surface area contributed by atoms with Gasteiger partial charge in [-0.25, -0.2) is 9.38 Å². The standard InChI is InChI=1S/C19H17FN2O2/c1-24-16-8-5-13(6-9-16)7-10-18-21-17(19(23)22-18)12-14-3-2-4-15(20)11-14/h2-6,8-9,11-12H,7,10H2,1H3,(H,21,22,23)/b17-12+. The summed E-state index contributed by atoms with van der Waals surface area (Å²) in [6.45, 7) is 0. The second kappa shape index (κ2) is 7.08. The number of carbonyl (C=O) groups excluding carboxylic acids is 1. The summed E-state index contributed by atoms with van der Waals surface area (Å²) in [6, 6.07) is 13.8. The Morgan fingerprint density at radius 1 is 1.17 bits per heavy atom. The third kappa shape index (κ3) is 3.87. The SMILES string of the molecule is COc1ccc(CCC2=N/C(=C/c3cccc(F)c3)C(=O)N2)cc1. The molecule has 0 aliphatic carbocycles. The molecule has 1 N–H and O–H groups in total. The van der Waals surface area contributed by atoms with Gasteiger partial charge >= 0.3 is 0 Å². The van der Waals surface area contributed by atoms with Crippen LogP contribution in [0.2, 0.25) is 0 Å². The van der Waals surface area contributed by atoms with Crippen LogP contribution in [-0.4, -0.2) is 18.9 Å². The molecule has 1 heterocycles. The van der Waals surface area contributed by atoms with Crippen molar-refractivity contribution < 1.29 is 13.9 Å². The Bertz CT molecular complexity index is 810. The van der Waals surface area contributed by atoms with Gasteiger partial charge in [0.2, 0.25) is 0 Å². The van der Waals surface area contributed by atoms with Crippen molar-refractivity contribution in [3.63, 3.8) is 0 Å². The van der Waals surface area contributed by atoms with Crippen LogP contribution in [0, 0.1) is 5.82 Å². The smallest absolute Gasteiger partial charge is 0.275 e. The van der Waals surface area contributed by atoms with E-state index in [2.05, 4.69) is 10.3 Å². The fourth-order valence-electron chi connectivity index (χ4n) is 2.44. The van der Waals surface area contributed by atoms with E-state index in [0.29, 0.717) is 23.5 Å². The summed E-state index contributed by atoms with van der Waals surface area (Å²) in [5.41, 5.74) is 2.04. The summed E-state index contributed by atoms with van der Waals surface area (Å²) in [5.74, 6) is 0.833. The van der Waals surface area contributed by atoms with Crippen LogP contribution in [0.3, 0.4) is 0 Å². The molecule has 2 aromatic rings. The number of aliphatic imine (C=N–C) groups is 1. The Morgan fingerprint density at radius 3 is 2.67 bits per heavy atom. The van der Waals surface area contributed by atoms with Crippen LogP contribution in [0.4, 0.5) is 4.39 Å². The fraction of sp³-hybridized carbons (Fsp3) is 0.158. The molecule has 1 aliphatic rings. The number of nitrogens with zero attached hydrogens (tertiary/aromatic N) is 1. The Morgan fingerprint density at radius 2 is 1.96 bits per heavy atom. The largest absolute Gasteiger partial charge is 0.497 e. The Hall–Kier alpha value is -2.95. The van der Waals surface area contributed by atoms with Crippen molar-refractivity contribution in [2.24, 2.45) is 4.99 Å². The molecular weight excluding hydrogens is 307 g/mol. The van der Waals surface area contributed by atoms with E-state index in [1.165, 1.54) is 12.1 Å². The number of amidine groups is 1. The molecule has 0 spiro atoms. The van der Waals surface area contributed by atoms with E-state index in [0.717, 1.165) is 17.7 Å². The van der Waals surface area contributed by atoms with E-state index in [1.807, 2.05) is 24.3 Å². The number of amides is 1. The molecule has 4 nitrogen and oxygen atoms in total. The third-order valence-electron chi connectivity index (χ3n) is 3.71. The van der Waals surface area contributed by atoms with Crippen LogP contribution >= 0.6 is 0 Å². The van der Waals surface area contributed by atoms with Crippen molar-refractivity contribution in [1.82, 2.24) is 5.32 Å². The molecule has 2 aromatic carbocycles. The number of methoxy groups -OCH3 is 1. The monoisotopic (exact) mass is 324 g/mol. The van der Waals surface area contributed by atoms with Crippen LogP contribution in [0.5, 0.6) is 5.75 Å². The highest BCUT2D eigenvalue weighted by molar-refractivity contribution is 6.14. The van der Waals surface area contributed by atoms with Crippen molar-refractivity contribution in [1.29, 1.82) is 0 Å². The van der Waals surface area contributed by atoms with E-state index in [9.17, 15) is 9.18 Å². The summed E-state index contributed by atoms with van der Waals surface area (Å²) in [6.07, 6.45) is 2.97. The van der Waals surface area contributed by atoms with E-state index in [4.69, 9.17) is 4.74 Å². The Kier molecular flexibility index (Phi) is 4.70. The molecule has 0 saturated carbocycles. The number of aryl methyl sites for hydroxylation is 1. The summed E-state index contributed by atoms with van der Waals surface area (Å²) >= 11 is 0. The number of ether oxygens (including phenoxy) is 1. The molecule has 0 aromatic heterocycles. The van der Waals surface area contributed by atoms with Gasteiger partial charge in [-0.05, 0) is 47.9 Å². The normalized spacial score (nSPS) is 15.3. The number of carbonyl (C=O) groups is 1. The van der Waals surface area contributed by atoms with Crippen LogP contribution < -0.4 is 10.1 Å². The Balaban J connectivity index is 1.67. The maximum atomic E-state index is 13.2. The van der Waals surface area contributed by atoms with Crippen LogP contribution in [0.1, 0.15) is 17.5 Å². The molecule has 0 atom stereocenters. The third-order valence-corrected chi connectivity index (χ3v) is 3.71. The zero-order valence-electron chi connectivity index (χ0n) is 13.3. The molecule has 1 amide bonds. The average Bonchev–Trinajstić information content (AvgIpc) is 2.93. The van der Waals surface area contributed by atoms with E-state index in [1.54, 1.807) is 25.3 Å². The molecule has 0 saturated heterocycles. The minimum absolute atomic E-state index is 0.260. The molecule has 0 bridgehead atoms. The molecule has 5 heteroatoms. The molecule has 1 aliphatic heterocycles. The number of halogens is 1. The summed E-state index contributed by atoms with van der Waals surface area (Å²) < 4.78 is 18.3. The lowest BCUT2D eigenvalue weighted by molar-refractivity contribution is -0.115. The van der Waals surface area contributed by atoms with Gasteiger partial charge < -0.3 is 10.1 Å². The molecule has 3 rings (SSSR count). The maximum absolute atomic E-state index is 13.2. The number of nitrogens with one attached hydrogen (secondary N) is 1. The molecule has 0 fully saturated rings. The van der Waals surface area contributed by atoms with Gasteiger partial charge in [0.15, 0.2) is 0 Å². The second-order valence-corrected chi connectivity index (χ2v) is 5.45. The van der Waals surface area contributed by atoms with Crippen LogP contribution in [-0.2, 0) is 11.2 Å². The fourth-order valence-corrected chi connectivity index (χ4v) is 2.44.